The van der Waals surface area contributed by atoms with Gasteiger partial charge in [-0.3, -0.25) is 9.48 Å². The monoisotopic (exact) mass is 287 g/mol. The number of nitrogens with zero attached hydrogens (tertiary/aromatic N) is 2. The number of hydrogen-bond acceptors (Lipinski definition) is 3. The van der Waals surface area contributed by atoms with Crippen molar-refractivity contribution < 1.29 is 9.53 Å². The van der Waals surface area contributed by atoms with Crippen molar-refractivity contribution in [3.05, 3.63) is 42.1 Å². The van der Waals surface area contributed by atoms with Gasteiger partial charge < -0.3 is 10.1 Å². The minimum atomic E-state index is -0.227. The third-order valence-corrected chi connectivity index (χ3v) is 2.93. The standard InChI is InChI=1S/C16H21N3O2/c1-12-5-7-13(8-6-12)21-11-15(20)17-14-9-10-19(18-14)16(2,3)4/h5-10H,11H2,1-4H3,(H,17,18,20). The Bertz CT molecular complexity index is 609. The van der Waals surface area contributed by atoms with Gasteiger partial charge in [-0.2, -0.15) is 5.10 Å². The Morgan fingerprint density at radius 1 is 1.24 bits per heavy atom. The van der Waals surface area contributed by atoms with Gasteiger partial charge in [0.05, 0.1) is 5.54 Å². The summed E-state index contributed by atoms with van der Waals surface area (Å²) in [5, 5.41) is 7.04. The Hall–Kier alpha value is -2.30. The van der Waals surface area contributed by atoms with E-state index in [0.717, 1.165) is 5.56 Å². The van der Waals surface area contributed by atoms with Crippen molar-refractivity contribution >= 4 is 11.7 Å². The molecule has 0 aliphatic rings. The smallest absolute Gasteiger partial charge is 0.263 e. The minimum absolute atomic E-state index is 0.0363. The predicted octanol–water partition coefficient (Wildman–Crippen LogP) is 2.96. The highest BCUT2D eigenvalue weighted by molar-refractivity contribution is 5.90. The topological polar surface area (TPSA) is 56.1 Å². The predicted molar refractivity (Wildman–Crippen MR) is 82.5 cm³/mol. The van der Waals surface area contributed by atoms with E-state index in [0.29, 0.717) is 11.6 Å². The summed E-state index contributed by atoms with van der Waals surface area (Å²) >= 11 is 0. The number of benzene rings is 1. The summed E-state index contributed by atoms with van der Waals surface area (Å²) in [6, 6.07) is 9.35. The van der Waals surface area contributed by atoms with Crippen LogP contribution in [0.4, 0.5) is 5.82 Å². The molecule has 0 saturated carbocycles. The van der Waals surface area contributed by atoms with Crippen molar-refractivity contribution in [2.45, 2.75) is 33.2 Å². The van der Waals surface area contributed by atoms with Crippen molar-refractivity contribution in [2.75, 3.05) is 11.9 Å². The number of amides is 1. The molecule has 5 heteroatoms. The van der Waals surface area contributed by atoms with Gasteiger partial charge in [0.1, 0.15) is 5.75 Å². The van der Waals surface area contributed by atoms with E-state index in [-0.39, 0.29) is 18.1 Å². The van der Waals surface area contributed by atoms with Gasteiger partial charge in [0.2, 0.25) is 0 Å². The van der Waals surface area contributed by atoms with Crippen LogP contribution in [0.2, 0.25) is 0 Å². The Kier molecular flexibility index (Phi) is 4.31. The normalized spacial score (nSPS) is 11.2. The van der Waals surface area contributed by atoms with Crippen LogP contribution in [0.1, 0.15) is 26.3 Å². The summed E-state index contributed by atoms with van der Waals surface area (Å²) in [5.41, 5.74) is 1.04. The number of carbonyl (C=O) groups excluding carboxylic acids is 1. The molecule has 2 rings (SSSR count). The lowest BCUT2D eigenvalue weighted by molar-refractivity contribution is -0.118. The zero-order valence-corrected chi connectivity index (χ0v) is 12.9. The highest BCUT2D eigenvalue weighted by Gasteiger charge is 2.14. The van der Waals surface area contributed by atoms with Crippen molar-refractivity contribution in [3.63, 3.8) is 0 Å². The maximum absolute atomic E-state index is 11.8. The molecule has 0 aliphatic carbocycles. The molecule has 0 atom stereocenters. The van der Waals surface area contributed by atoms with Crippen LogP contribution in [0.15, 0.2) is 36.5 Å². The number of hydrogen-bond donors (Lipinski definition) is 1. The molecule has 1 amide bonds. The first kappa shape index (κ1) is 15.1. The van der Waals surface area contributed by atoms with Gasteiger partial charge in [-0.15, -0.1) is 0 Å². The van der Waals surface area contributed by atoms with Crippen LogP contribution in [0, 0.1) is 6.92 Å². The highest BCUT2D eigenvalue weighted by atomic mass is 16.5. The SMILES string of the molecule is Cc1ccc(OCC(=O)Nc2ccn(C(C)(C)C)n2)cc1. The molecule has 1 aromatic heterocycles. The van der Waals surface area contributed by atoms with E-state index >= 15 is 0 Å². The number of aromatic nitrogens is 2. The second-order valence-corrected chi connectivity index (χ2v) is 5.97. The number of carbonyl (C=O) groups is 1. The third kappa shape index (κ3) is 4.34. The number of rotatable bonds is 4. The van der Waals surface area contributed by atoms with E-state index in [2.05, 4.69) is 10.4 Å². The lowest BCUT2D eigenvalue weighted by atomic mass is 10.1. The molecular weight excluding hydrogens is 266 g/mol. The van der Waals surface area contributed by atoms with Gasteiger partial charge in [0.25, 0.3) is 5.91 Å². The van der Waals surface area contributed by atoms with E-state index in [1.54, 1.807) is 6.07 Å². The molecule has 21 heavy (non-hydrogen) atoms. The number of nitrogens with one attached hydrogen (secondary N) is 1. The van der Waals surface area contributed by atoms with Crippen LogP contribution >= 0.6 is 0 Å². The maximum Gasteiger partial charge on any atom is 0.263 e. The summed E-state index contributed by atoms with van der Waals surface area (Å²) in [4.78, 5) is 11.8. The average Bonchev–Trinajstić information content (AvgIpc) is 2.86. The van der Waals surface area contributed by atoms with Crippen LogP contribution in [0.3, 0.4) is 0 Å². The first-order valence-corrected chi connectivity index (χ1v) is 6.90. The molecule has 1 N–H and O–H groups in total. The molecule has 0 spiro atoms. The number of aryl methyl sites for hydroxylation is 1. The summed E-state index contributed by atoms with van der Waals surface area (Å²) in [7, 11) is 0. The van der Waals surface area contributed by atoms with Crippen LogP contribution in [0.25, 0.3) is 0 Å². The van der Waals surface area contributed by atoms with Gasteiger partial charge in [0, 0.05) is 12.3 Å². The third-order valence-electron chi connectivity index (χ3n) is 2.93. The Morgan fingerprint density at radius 2 is 1.90 bits per heavy atom. The molecule has 5 nitrogen and oxygen atoms in total. The van der Waals surface area contributed by atoms with Gasteiger partial charge in [-0.05, 0) is 39.8 Å². The molecule has 0 bridgehead atoms. The lowest BCUT2D eigenvalue weighted by Crippen LogP contribution is -2.24. The van der Waals surface area contributed by atoms with E-state index < -0.39 is 0 Å². The highest BCUT2D eigenvalue weighted by Crippen LogP contribution is 2.15. The fourth-order valence-corrected chi connectivity index (χ4v) is 1.73. The van der Waals surface area contributed by atoms with Gasteiger partial charge in [-0.1, -0.05) is 17.7 Å². The lowest BCUT2D eigenvalue weighted by Gasteiger charge is -2.18. The molecule has 0 radical (unpaired) electrons. The van der Waals surface area contributed by atoms with Crippen molar-refractivity contribution in [1.82, 2.24) is 9.78 Å². The maximum atomic E-state index is 11.8. The quantitative estimate of drug-likeness (QED) is 0.940. The Balaban J connectivity index is 1.87. The largest absolute Gasteiger partial charge is 0.484 e. The molecule has 1 aromatic carbocycles. The molecule has 1 heterocycles. The molecule has 2 aromatic rings. The fraction of sp³-hybridized carbons (Fsp3) is 0.375. The molecule has 0 unspecified atom stereocenters. The van der Waals surface area contributed by atoms with Crippen molar-refractivity contribution in [2.24, 2.45) is 0 Å². The minimum Gasteiger partial charge on any atom is -0.484 e. The van der Waals surface area contributed by atoms with Crippen LogP contribution in [-0.4, -0.2) is 22.3 Å². The van der Waals surface area contributed by atoms with E-state index in [4.69, 9.17) is 4.74 Å². The molecule has 112 valence electrons. The number of anilines is 1. The van der Waals surface area contributed by atoms with Crippen molar-refractivity contribution in [1.29, 1.82) is 0 Å². The fourth-order valence-electron chi connectivity index (χ4n) is 1.73. The summed E-state index contributed by atoms with van der Waals surface area (Å²) in [6.45, 7) is 8.11. The van der Waals surface area contributed by atoms with Gasteiger partial charge >= 0.3 is 0 Å². The number of ether oxygens (including phenoxy) is 1. The zero-order valence-electron chi connectivity index (χ0n) is 12.9. The first-order chi connectivity index (χ1) is 9.84. The summed E-state index contributed by atoms with van der Waals surface area (Å²) < 4.78 is 7.23. The molecule has 0 saturated heterocycles. The first-order valence-electron chi connectivity index (χ1n) is 6.90. The van der Waals surface area contributed by atoms with Gasteiger partial charge in [-0.25, -0.2) is 0 Å². The molecule has 0 fully saturated rings. The molecular formula is C16H21N3O2. The van der Waals surface area contributed by atoms with E-state index in [1.807, 2.05) is 62.8 Å². The average molecular weight is 287 g/mol. The van der Waals surface area contributed by atoms with Crippen LogP contribution < -0.4 is 10.1 Å². The van der Waals surface area contributed by atoms with Gasteiger partial charge in [0.15, 0.2) is 12.4 Å². The van der Waals surface area contributed by atoms with E-state index in [1.165, 1.54) is 0 Å². The summed E-state index contributed by atoms with van der Waals surface area (Å²) in [6.07, 6.45) is 1.84. The Morgan fingerprint density at radius 3 is 2.48 bits per heavy atom. The molecule has 0 aliphatic heterocycles. The van der Waals surface area contributed by atoms with Crippen LogP contribution in [-0.2, 0) is 10.3 Å². The van der Waals surface area contributed by atoms with Crippen molar-refractivity contribution in [3.8, 4) is 5.75 Å². The van der Waals surface area contributed by atoms with Crippen LogP contribution in [0.5, 0.6) is 5.75 Å². The second-order valence-electron chi connectivity index (χ2n) is 5.97. The summed E-state index contributed by atoms with van der Waals surface area (Å²) in [5.74, 6) is 0.980. The zero-order chi connectivity index (χ0) is 15.5. The Labute approximate surface area is 124 Å². The second kappa shape index (κ2) is 5.99. The van der Waals surface area contributed by atoms with E-state index in [9.17, 15) is 4.79 Å².